The van der Waals surface area contributed by atoms with E-state index in [9.17, 15) is 9.90 Å². The maximum atomic E-state index is 11.7. The lowest BCUT2D eigenvalue weighted by Crippen LogP contribution is -2.37. The molecule has 26 heavy (non-hydrogen) atoms. The Balaban J connectivity index is 1.98. The van der Waals surface area contributed by atoms with Gasteiger partial charge in [0.1, 0.15) is 12.0 Å². The third-order valence-corrected chi connectivity index (χ3v) is 4.86. The number of anilines is 1. The van der Waals surface area contributed by atoms with Crippen molar-refractivity contribution in [3.8, 4) is 0 Å². The van der Waals surface area contributed by atoms with Crippen LogP contribution in [0.4, 0.5) is 5.82 Å². The molecule has 7 nitrogen and oxygen atoms in total. The summed E-state index contributed by atoms with van der Waals surface area (Å²) in [7, 11) is 1.78. The first-order valence-corrected chi connectivity index (χ1v) is 8.71. The molecular formula is C19H21N5O2. The average Bonchev–Trinajstić information content (AvgIpc) is 3.06. The molecule has 0 radical (unpaired) electrons. The van der Waals surface area contributed by atoms with Gasteiger partial charge in [0.25, 0.3) is 0 Å². The van der Waals surface area contributed by atoms with Gasteiger partial charge in [-0.1, -0.05) is 37.3 Å². The molecule has 0 saturated carbocycles. The number of aliphatic imine (C=N–C) groups is 1. The lowest BCUT2D eigenvalue weighted by Gasteiger charge is -2.26. The van der Waals surface area contributed by atoms with Crippen molar-refractivity contribution in [2.45, 2.75) is 33.0 Å². The molecule has 134 valence electrons. The summed E-state index contributed by atoms with van der Waals surface area (Å²) in [6, 6.07) is 10.0. The minimum Gasteiger partial charge on any atom is -0.476 e. The molecule has 0 fully saturated rings. The van der Waals surface area contributed by atoms with Gasteiger partial charge in [-0.2, -0.15) is 5.10 Å². The third kappa shape index (κ3) is 2.31. The van der Waals surface area contributed by atoms with Crippen LogP contribution < -0.4 is 10.2 Å². The lowest BCUT2D eigenvalue weighted by molar-refractivity contribution is 0.0688. The van der Waals surface area contributed by atoms with E-state index in [1.165, 1.54) is 0 Å². The van der Waals surface area contributed by atoms with Crippen molar-refractivity contribution in [3.05, 3.63) is 58.5 Å². The second-order valence-corrected chi connectivity index (χ2v) is 6.48. The lowest BCUT2D eigenvalue weighted by atomic mass is 10.0. The van der Waals surface area contributed by atoms with Crippen molar-refractivity contribution < 1.29 is 9.90 Å². The van der Waals surface area contributed by atoms with Crippen LogP contribution in [0.15, 0.2) is 46.7 Å². The van der Waals surface area contributed by atoms with E-state index in [2.05, 4.69) is 29.2 Å². The number of carboxylic acids is 1. The quantitative estimate of drug-likeness (QED) is 0.888. The minimum atomic E-state index is -1.03. The number of rotatable bonds is 3. The van der Waals surface area contributed by atoms with Crippen LogP contribution in [0.2, 0.25) is 0 Å². The fourth-order valence-corrected chi connectivity index (χ4v) is 3.77. The first kappa shape index (κ1) is 16.4. The number of allylic oxidation sites excluding steroid dienone is 2. The van der Waals surface area contributed by atoms with E-state index in [4.69, 9.17) is 4.99 Å². The molecule has 1 aromatic heterocycles. The van der Waals surface area contributed by atoms with Crippen LogP contribution in [-0.2, 0) is 13.6 Å². The number of hydrogen-bond donors (Lipinski definition) is 2. The predicted octanol–water partition coefficient (Wildman–Crippen LogP) is 2.50. The molecule has 0 spiro atoms. The number of carbonyl (C=O) groups is 1. The smallest absolute Gasteiger partial charge is 0.356 e. The number of aromatic nitrogens is 2. The molecule has 2 aliphatic rings. The average molecular weight is 351 g/mol. The maximum absolute atomic E-state index is 11.7. The number of aryl methyl sites for hydroxylation is 1. The molecule has 2 aliphatic heterocycles. The van der Waals surface area contributed by atoms with Gasteiger partial charge in [0, 0.05) is 18.3 Å². The first-order valence-electron chi connectivity index (χ1n) is 8.71. The Bertz CT molecular complexity index is 942. The van der Waals surface area contributed by atoms with Crippen LogP contribution in [0.25, 0.3) is 0 Å². The molecule has 1 atom stereocenters. The van der Waals surface area contributed by atoms with Crippen molar-refractivity contribution in [1.29, 1.82) is 0 Å². The molecule has 2 N–H and O–H groups in total. The zero-order chi connectivity index (χ0) is 18.4. The van der Waals surface area contributed by atoms with Gasteiger partial charge in [-0.15, -0.1) is 0 Å². The Morgan fingerprint density at radius 1 is 1.35 bits per heavy atom. The fraction of sp³-hybridized carbons (Fsp3) is 0.316. The highest BCUT2D eigenvalue weighted by Crippen LogP contribution is 2.37. The third-order valence-electron chi connectivity index (χ3n) is 4.86. The molecule has 0 amide bonds. The number of fused-ring (bicyclic) bond motifs is 3. The summed E-state index contributed by atoms with van der Waals surface area (Å²) < 4.78 is 1.65. The van der Waals surface area contributed by atoms with Gasteiger partial charge in [-0.3, -0.25) is 9.67 Å². The molecule has 7 heteroatoms. The molecule has 0 aliphatic carbocycles. The molecule has 2 aromatic rings. The number of hydrogen-bond acceptors (Lipinski definition) is 5. The SMILES string of the molecule is CCC1=C2C(c3ccccc3)=NCc3c(C(=O)O)nn(C)c3N2C(C)N1. The Morgan fingerprint density at radius 2 is 2.08 bits per heavy atom. The van der Waals surface area contributed by atoms with Crippen LogP contribution >= 0.6 is 0 Å². The van der Waals surface area contributed by atoms with Gasteiger partial charge in [0.05, 0.1) is 23.5 Å². The van der Waals surface area contributed by atoms with Crippen LogP contribution in [0.5, 0.6) is 0 Å². The highest BCUT2D eigenvalue weighted by atomic mass is 16.4. The van der Waals surface area contributed by atoms with E-state index in [1.807, 2.05) is 30.3 Å². The largest absolute Gasteiger partial charge is 0.476 e. The van der Waals surface area contributed by atoms with Crippen LogP contribution in [0.3, 0.4) is 0 Å². The number of nitrogens with one attached hydrogen (secondary N) is 1. The van der Waals surface area contributed by atoms with E-state index < -0.39 is 5.97 Å². The normalized spacial score (nSPS) is 18.8. The zero-order valence-corrected chi connectivity index (χ0v) is 15.0. The predicted molar refractivity (Wildman–Crippen MR) is 99.2 cm³/mol. The van der Waals surface area contributed by atoms with Crippen LogP contribution in [-0.4, -0.2) is 32.7 Å². The Kier molecular flexibility index (Phi) is 3.79. The summed E-state index contributed by atoms with van der Waals surface area (Å²) in [6.07, 6.45) is 0.823. The molecule has 3 heterocycles. The molecule has 1 unspecified atom stereocenters. The summed E-state index contributed by atoms with van der Waals surface area (Å²) >= 11 is 0. The fourth-order valence-electron chi connectivity index (χ4n) is 3.77. The van der Waals surface area contributed by atoms with E-state index in [0.717, 1.165) is 34.9 Å². The summed E-state index contributed by atoms with van der Waals surface area (Å²) in [6.45, 7) is 4.46. The highest BCUT2D eigenvalue weighted by molar-refractivity contribution is 6.16. The van der Waals surface area contributed by atoms with Crippen molar-refractivity contribution in [2.24, 2.45) is 12.0 Å². The van der Waals surface area contributed by atoms with Gasteiger partial charge in [-0.05, 0) is 13.3 Å². The molecule has 0 saturated heterocycles. The van der Waals surface area contributed by atoms with Crippen molar-refractivity contribution in [3.63, 3.8) is 0 Å². The summed E-state index contributed by atoms with van der Waals surface area (Å²) in [5, 5.41) is 17.3. The Labute approximate surface area is 151 Å². The number of carboxylic acid groups (broad SMARTS) is 1. The van der Waals surface area contributed by atoms with Gasteiger partial charge in [0.15, 0.2) is 5.69 Å². The second-order valence-electron chi connectivity index (χ2n) is 6.48. The summed E-state index contributed by atoms with van der Waals surface area (Å²) in [4.78, 5) is 18.6. The Hall–Kier alpha value is -3.09. The minimum absolute atomic E-state index is 0.0113. The molecule has 1 aromatic carbocycles. The van der Waals surface area contributed by atoms with Crippen molar-refractivity contribution in [1.82, 2.24) is 15.1 Å². The van der Waals surface area contributed by atoms with Crippen LogP contribution in [0.1, 0.15) is 41.9 Å². The summed E-state index contributed by atoms with van der Waals surface area (Å²) in [5.41, 5.74) is 4.72. The number of benzene rings is 1. The van der Waals surface area contributed by atoms with Crippen molar-refractivity contribution in [2.75, 3.05) is 4.90 Å². The standard InChI is InChI=1S/C19H21N5O2/c1-4-14-17-15(12-8-6-5-7-9-12)20-10-13-16(19(25)26)22-23(3)18(13)24(17)11(2)21-14/h5-9,11,21H,4,10H2,1-3H3,(H,25,26). The number of nitrogens with zero attached hydrogens (tertiary/aromatic N) is 4. The topological polar surface area (TPSA) is 82.7 Å². The monoisotopic (exact) mass is 351 g/mol. The van der Waals surface area contributed by atoms with Crippen molar-refractivity contribution >= 4 is 17.5 Å². The van der Waals surface area contributed by atoms with E-state index in [0.29, 0.717) is 12.1 Å². The van der Waals surface area contributed by atoms with E-state index >= 15 is 0 Å². The highest BCUT2D eigenvalue weighted by Gasteiger charge is 2.38. The van der Waals surface area contributed by atoms with E-state index in [1.54, 1.807) is 11.7 Å². The molecule has 4 rings (SSSR count). The van der Waals surface area contributed by atoms with Gasteiger partial charge >= 0.3 is 5.97 Å². The number of aromatic carboxylic acids is 1. The summed E-state index contributed by atoms with van der Waals surface area (Å²) in [5.74, 6) is -0.239. The van der Waals surface area contributed by atoms with Gasteiger partial charge in [-0.25, -0.2) is 4.79 Å². The first-order chi connectivity index (χ1) is 12.5. The molecular weight excluding hydrogens is 330 g/mol. The maximum Gasteiger partial charge on any atom is 0.356 e. The van der Waals surface area contributed by atoms with E-state index in [-0.39, 0.29) is 11.9 Å². The molecule has 0 bridgehead atoms. The van der Waals surface area contributed by atoms with Gasteiger partial charge in [0.2, 0.25) is 0 Å². The second kappa shape index (κ2) is 6.01. The van der Waals surface area contributed by atoms with Crippen LogP contribution in [0, 0.1) is 0 Å². The zero-order valence-electron chi connectivity index (χ0n) is 15.0. The van der Waals surface area contributed by atoms with Gasteiger partial charge < -0.3 is 15.3 Å². The Morgan fingerprint density at radius 3 is 2.73 bits per heavy atom.